The molecule has 1 aliphatic heterocycles. The third kappa shape index (κ3) is 7.68. The predicted octanol–water partition coefficient (Wildman–Crippen LogP) is 3.32. The van der Waals surface area contributed by atoms with Gasteiger partial charge < -0.3 is 26.1 Å². The Hall–Kier alpha value is -3.27. The first-order valence-corrected chi connectivity index (χ1v) is 15.2. The van der Waals surface area contributed by atoms with Gasteiger partial charge in [0.1, 0.15) is 18.4 Å². The summed E-state index contributed by atoms with van der Waals surface area (Å²) in [4.78, 5) is 64.4. The molecular formula is C30H40N4O5S. The number of hydrogen-bond acceptors (Lipinski definition) is 6. The first kappa shape index (κ1) is 29.7. The molecule has 10 heteroatoms. The zero-order valence-corrected chi connectivity index (χ0v) is 24.1. The van der Waals surface area contributed by atoms with Crippen molar-refractivity contribution in [2.75, 3.05) is 6.54 Å². The second kappa shape index (κ2) is 13.9. The quantitative estimate of drug-likeness (QED) is 0.292. The largest absolute Gasteiger partial charge is 0.356 e. The molecule has 2 fully saturated rings. The number of hydrogen-bond donors (Lipinski definition) is 4. The molecule has 2 heterocycles. The number of thiophene rings is 1. The number of nitrogens with one attached hydrogen (secondary N) is 4. The Bertz CT molecular complexity index is 1190. The van der Waals surface area contributed by atoms with Crippen LogP contribution in [-0.4, -0.2) is 54.6 Å². The average Bonchev–Trinajstić information content (AvgIpc) is 3.57. The van der Waals surface area contributed by atoms with E-state index in [1.54, 1.807) is 0 Å². The maximum Gasteiger partial charge on any atom is 0.262 e. The standard InChI is InChI=1S/C30H40N4O5S/c1-18(2)26(34-29(38)25-16-20-10-6-7-11-24(20)40-25)30(39)33-23(14-19-8-4-3-5-9-19)28(37)32-22(17-35)15-21-12-13-31-27(21)36/h6-7,10-11,16-19,21-23,26H,3-5,8-9,12-15H2,1-2H3,(H,31,36)(H,32,37)(H,33,39)(H,34,38)/t21-,22-,23-,26?/m0/s1. The monoisotopic (exact) mass is 568 g/mol. The molecule has 40 heavy (non-hydrogen) atoms. The van der Waals surface area contributed by atoms with Gasteiger partial charge in [0.2, 0.25) is 17.7 Å². The number of carbonyl (C=O) groups excluding carboxylic acids is 5. The third-order valence-corrected chi connectivity index (χ3v) is 9.12. The second-order valence-corrected chi connectivity index (χ2v) is 12.5. The number of rotatable bonds is 12. The molecule has 1 aliphatic carbocycles. The SMILES string of the molecule is CC(C)C(NC(=O)c1cc2ccccc2s1)C(=O)N[C@@H](CC1CCCCC1)C(=O)N[C@H](C=O)C[C@@H]1CCNC1=O. The lowest BCUT2D eigenvalue weighted by Crippen LogP contribution is -2.57. The summed E-state index contributed by atoms with van der Waals surface area (Å²) in [6, 6.07) is 7.02. The lowest BCUT2D eigenvalue weighted by molar-refractivity contribution is -0.132. The van der Waals surface area contributed by atoms with Crippen molar-refractivity contribution in [2.45, 2.75) is 83.3 Å². The smallest absolute Gasteiger partial charge is 0.262 e. The van der Waals surface area contributed by atoms with E-state index in [0.29, 0.717) is 30.5 Å². The van der Waals surface area contributed by atoms with Gasteiger partial charge in [-0.15, -0.1) is 11.3 Å². The first-order chi connectivity index (χ1) is 19.2. The van der Waals surface area contributed by atoms with Gasteiger partial charge >= 0.3 is 0 Å². The molecule has 1 saturated carbocycles. The van der Waals surface area contributed by atoms with E-state index in [4.69, 9.17) is 0 Å². The summed E-state index contributed by atoms with van der Waals surface area (Å²) in [5.74, 6) is -1.57. The number of aldehydes is 1. The molecule has 9 nitrogen and oxygen atoms in total. The average molecular weight is 569 g/mol. The molecule has 2 aliphatic rings. The summed E-state index contributed by atoms with van der Waals surface area (Å²) in [6.45, 7) is 4.26. The number of carbonyl (C=O) groups is 5. The van der Waals surface area contributed by atoms with Crippen LogP contribution < -0.4 is 21.3 Å². The highest BCUT2D eigenvalue weighted by Gasteiger charge is 2.33. The molecule has 0 radical (unpaired) electrons. The summed E-state index contributed by atoms with van der Waals surface area (Å²) in [5, 5.41) is 12.3. The van der Waals surface area contributed by atoms with Crippen LogP contribution in [-0.2, 0) is 19.2 Å². The van der Waals surface area contributed by atoms with Gasteiger partial charge in [0.25, 0.3) is 5.91 Å². The fourth-order valence-corrected chi connectivity index (χ4v) is 6.66. The molecule has 1 unspecified atom stereocenters. The van der Waals surface area contributed by atoms with Crippen LogP contribution in [0.2, 0.25) is 0 Å². The van der Waals surface area contributed by atoms with E-state index in [1.165, 1.54) is 11.3 Å². The van der Waals surface area contributed by atoms with Crippen LogP contribution in [0.25, 0.3) is 10.1 Å². The van der Waals surface area contributed by atoms with E-state index in [-0.39, 0.29) is 36.0 Å². The Morgan fingerprint density at radius 2 is 1.75 bits per heavy atom. The molecule has 1 aromatic carbocycles. The summed E-state index contributed by atoms with van der Waals surface area (Å²) in [7, 11) is 0. The van der Waals surface area contributed by atoms with E-state index in [1.807, 2.05) is 44.2 Å². The predicted molar refractivity (Wildman–Crippen MR) is 155 cm³/mol. The number of benzene rings is 1. The fraction of sp³-hybridized carbons (Fsp3) is 0.567. The summed E-state index contributed by atoms with van der Waals surface area (Å²) >= 11 is 1.37. The summed E-state index contributed by atoms with van der Waals surface area (Å²) < 4.78 is 0.988. The van der Waals surface area contributed by atoms with E-state index >= 15 is 0 Å². The Morgan fingerprint density at radius 3 is 2.40 bits per heavy atom. The van der Waals surface area contributed by atoms with E-state index in [2.05, 4.69) is 21.3 Å². The van der Waals surface area contributed by atoms with Crippen molar-refractivity contribution in [2.24, 2.45) is 17.8 Å². The lowest BCUT2D eigenvalue weighted by atomic mass is 9.84. The van der Waals surface area contributed by atoms with Crippen molar-refractivity contribution in [1.29, 1.82) is 0 Å². The minimum Gasteiger partial charge on any atom is -0.356 e. The molecule has 4 N–H and O–H groups in total. The van der Waals surface area contributed by atoms with Gasteiger partial charge in [0.15, 0.2) is 0 Å². The van der Waals surface area contributed by atoms with Crippen molar-refractivity contribution in [3.8, 4) is 0 Å². The third-order valence-electron chi connectivity index (χ3n) is 8.00. The van der Waals surface area contributed by atoms with Crippen molar-refractivity contribution in [3.05, 3.63) is 35.2 Å². The van der Waals surface area contributed by atoms with E-state index in [9.17, 15) is 24.0 Å². The second-order valence-electron chi connectivity index (χ2n) is 11.4. The van der Waals surface area contributed by atoms with Crippen molar-refractivity contribution >= 4 is 51.3 Å². The highest BCUT2D eigenvalue weighted by molar-refractivity contribution is 7.20. The molecule has 4 amide bonds. The normalized spacial score (nSPS) is 20.0. The molecule has 216 valence electrons. The maximum absolute atomic E-state index is 13.5. The topological polar surface area (TPSA) is 133 Å². The Kier molecular flexibility index (Phi) is 10.3. The van der Waals surface area contributed by atoms with Crippen LogP contribution in [0, 0.1) is 17.8 Å². The van der Waals surface area contributed by atoms with Crippen LogP contribution in [0.5, 0.6) is 0 Å². The van der Waals surface area contributed by atoms with Crippen LogP contribution >= 0.6 is 11.3 Å². The maximum atomic E-state index is 13.5. The van der Waals surface area contributed by atoms with Gasteiger partial charge in [-0.2, -0.15) is 0 Å². The van der Waals surface area contributed by atoms with Crippen molar-refractivity contribution in [1.82, 2.24) is 21.3 Å². The summed E-state index contributed by atoms with van der Waals surface area (Å²) in [5.41, 5.74) is 0. The molecule has 1 saturated heterocycles. The van der Waals surface area contributed by atoms with Gasteiger partial charge in [0, 0.05) is 17.2 Å². The highest BCUT2D eigenvalue weighted by atomic mass is 32.1. The van der Waals surface area contributed by atoms with Crippen LogP contribution in [0.4, 0.5) is 0 Å². The highest BCUT2D eigenvalue weighted by Crippen LogP contribution is 2.28. The molecule has 0 bridgehead atoms. The van der Waals surface area contributed by atoms with Gasteiger partial charge in [-0.25, -0.2) is 0 Å². The van der Waals surface area contributed by atoms with Gasteiger partial charge in [-0.05, 0) is 48.6 Å². The zero-order chi connectivity index (χ0) is 28.6. The molecule has 2 aromatic rings. The Morgan fingerprint density at radius 1 is 1.00 bits per heavy atom. The van der Waals surface area contributed by atoms with Gasteiger partial charge in [0.05, 0.1) is 10.9 Å². The van der Waals surface area contributed by atoms with Gasteiger partial charge in [-0.1, -0.05) is 64.2 Å². The van der Waals surface area contributed by atoms with Crippen molar-refractivity contribution in [3.63, 3.8) is 0 Å². The van der Waals surface area contributed by atoms with E-state index in [0.717, 1.165) is 42.2 Å². The Labute approximate surface area is 239 Å². The molecular weight excluding hydrogens is 528 g/mol. The zero-order valence-electron chi connectivity index (χ0n) is 23.2. The number of fused-ring (bicyclic) bond motifs is 1. The minimum absolute atomic E-state index is 0.109. The fourth-order valence-electron chi connectivity index (χ4n) is 5.70. The van der Waals surface area contributed by atoms with Crippen LogP contribution in [0.1, 0.15) is 74.9 Å². The number of amides is 4. The van der Waals surface area contributed by atoms with Gasteiger partial charge in [-0.3, -0.25) is 19.2 Å². The molecule has 1 aromatic heterocycles. The van der Waals surface area contributed by atoms with E-state index < -0.39 is 29.9 Å². The molecule has 4 rings (SSSR count). The first-order valence-electron chi connectivity index (χ1n) is 14.4. The van der Waals surface area contributed by atoms with Crippen LogP contribution in [0.3, 0.4) is 0 Å². The van der Waals surface area contributed by atoms with Crippen molar-refractivity contribution < 1.29 is 24.0 Å². The summed E-state index contributed by atoms with van der Waals surface area (Å²) in [6.07, 6.45) is 7.26. The molecule has 0 spiro atoms. The minimum atomic E-state index is -0.849. The molecule has 4 atom stereocenters. The lowest BCUT2D eigenvalue weighted by Gasteiger charge is -2.29. The Balaban J connectivity index is 1.45. The van der Waals surface area contributed by atoms with Crippen LogP contribution in [0.15, 0.2) is 30.3 Å².